The average Bonchev–Trinajstić information content (AvgIpc) is 1.57. The van der Waals surface area contributed by atoms with Gasteiger partial charge in [-0.05, 0) is 200 Å². The lowest BCUT2D eigenvalue weighted by atomic mass is 9.98. The second-order valence-electron chi connectivity index (χ2n) is 32.5. The molecule has 0 atom stereocenters. The molecule has 8 nitrogen and oxygen atoms in total. The van der Waals surface area contributed by atoms with Crippen LogP contribution in [0.15, 0.2) is 442 Å². The maximum atomic E-state index is 6.82. The predicted molar refractivity (Wildman–Crippen MR) is 524 cm³/mol. The van der Waals surface area contributed by atoms with E-state index >= 15 is 0 Å². The van der Waals surface area contributed by atoms with Crippen molar-refractivity contribution in [2.45, 2.75) is 0 Å². The second kappa shape index (κ2) is 28.1. The molecule has 0 bridgehead atoms. The molecule has 584 valence electrons. The fourth-order valence-electron chi connectivity index (χ4n) is 19.8. The third-order valence-electron chi connectivity index (χ3n) is 25.5. The van der Waals surface area contributed by atoms with Gasteiger partial charge in [0.15, 0.2) is 0 Å². The number of para-hydroxylation sites is 4. The van der Waals surface area contributed by atoms with Crippen LogP contribution in [0.3, 0.4) is 0 Å². The van der Waals surface area contributed by atoms with Crippen LogP contribution in [-0.2, 0) is 0 Å². The number of fused-ring (bicyclic) bond motifs is 26. The van der Waals surface area contributed by atoms with Crippen LogP contribution in [0, 0.1) is 0 Å². The quantitative estimate of drug-likeness (QED) is 0.129. The summed E-state index contributed by atoms with van der Waals surface area (Å²) in [6.45, 7) is 0. The number of hydrogen-bond acceptors (Lipinski definition) is 7. The molecule has 0 radical (unpaired) electrons. The molecule has 7 heterocycles. The van der Waals surface area contributed by atoms with Crippen LogP contribution in [-0.4, -0.2) is 9.13 Å². The molecule has 0 N–H and O–H groups in total. The van der Waals surface area contributed by atoms with E-state index in [2.05, 4.69) is 438 Å². The van der Waals surface area contributed by atoms with Gasteiger partial charge in [-0.25, -0.2) is 0 Å². The van der Waals surface area contributed by atoms with Crippen molar-refractivity contribution in [1.82, 2.24) is 9.13 Å². The van der Waals surface area contributed by atoms with Gasteiger partial charge < -0.3 is 32.0 Å². The fraction of sp³-hybridized carbons (Fsp3) is 0. The summed E-state index contributed by atoms with van der Waals surface area (Å²) < 4.78 is 33.0. The summed E-state index contributed by atoms with van der Waals surface area (Å²) in [6.07, 6.45) is 0. The Labute approximate surface area is 719 Å². The van der Waals surface area contributed by atoms with Crippen LogP contribution in [0.5, 0.6) is 0 Å². The van der Waals surface area contributed by atoms with E-state index in [-0.39, 0.29) is 0 Å². The number of benzene rings is 20. The molecule has 0 amide bonds. The van der Waals surface area contributed by atoms with Crippen molar-refractivity contribution < 1.29 is 17.7 Å². The maximum absolute atomic E-state index is 6.82. The van der Waals surface area contributed by atoms with E-state index in [4.69, 9.17) is 17.7 Å². The largest absolute Gasteiger partial charge is 0.455 e. The molecule has 0 saturated carbocycles. The van der Waals surface area contributed by atoms with E-state index in [1.165, 1.54) is 75.3 Å². The first kappa shape index (κ1) is 70.4. The van der Waals surface area contributed by atoms with Crippen molar-refractivity contribution >= 4 is 219 Å². The SMILES string of the molecule is c1ccc(-n2c3ccccc3c3c4c(-c5cccc(N(c6ccc7c(c6)oc6c8ccccc8ccc76)c6ccc7c(c6)oc6c8ccccc8ccc76)c5)cccc4oc32)cc1.c1ccc(-n2c3ccccc3c3c4cccc(-c5ccc(N(c6ccc(-c7ccc8ccccc8c7)cc6)c6cccc7oc8c9ccccc9ccc8c67)cc5)c4sc32)cc1. The molecule has 27 aromatic rings. The Balaban J connectivity index is 0.000000133. The van der Waals surface area contributed by atoms with Gasteiger partial charge in [0.1, 0.15) is 43.9 Å². The maximum Gasteiger partial charge on any atom is 0.213 e. The minimum Gasteiger partial charge on any atom is -0.455 e. The third-order valence-corrected chi connectivity index (χ3v) is 26.8. The number of nitrogens with zero attached hydrogens (tertiary/aromatic N) is 4. The molecule has 0 spiro atoms. The molecule has 125 heavy (non-hydrogen) atoms. The van der Waals surface area contributed by atoms with Crippen LogP contribution in [0.25, 0.3) is 218 Å². The molecule has 27 rings (SSSR count). The highest BCUT2D eigenvalue weighted by Gasteiger charge is 2.28. The van der Waals surface area contributed by atoms with Gasteiger partial charge in [0, 0.05) is 127 Å². The minimum atomic E-state index is 0.830. The Morgan fingerprint density at radius 3 is 1.30 bits per heavy atom. The van der Waals surface area contributed by atoms with Gasteiger partial charge in [-0.1, -0.05) is 273 Å². The Morgan fingerprint density at radius 1 is 0.216 bits per heavy atom. The summed E-state index contributed by atoms with van der Waals surface area (Å²) >= 11 is 1.88. The Hall–Kier alpha value is -16.5. The first-order valence-electron chi connectivity index (χ1n) is 42.4. The lowest BCUT2D eigenvalue weighted by Gasteiger charge is -2.26. The van der Waals surface area contributed by atoms with E-state index in [1.54, 1.807) is 0 Å². The molecule has 0 unspecified atom stereocenters. The summed E-state index contributed by atoms with van der Waals surface area (Å²) in [4.78, 5) is 5.96. The van der Waals surface area contributed by atoms with Crippen molar-refractivity contribution in [3.63, 3.8) is 0 Å². The van der Waals surface area contributed by atoms with Gasteiger partial charge in [0.05, 0.1) is 27.5 Å². The van der Waals surface area contributed by atoms with Gasteiger partial charge in [0.25, 0.3) is 0 Å². The molecule has 20 aromatic carbocycles. The fourth-order valence-corrected chi connectivity index (χ4v) is 21.2. The summed E-state index contributed by atoms with van der Waals surface area (Å²) in [7, 11) is 0. The van der Waals surface area contributed by atoms with Crippen molar-refractivity contribution in [3.8, 4) is 44.8 Å². The van der Waals surface area contributed by atoms with E-state index in [0.717, 1.165) is 177 Å². The Morgan fingerprint density at radius 2 is 0.664 bits per heavy atom. The standard InChI is InChI=1S/C58H34N2O3.C58H36N2OS/c1-2-15-38(16-3-1)60-50-22-9-8-20-49(50)55-54-42(21-11-23-51(54)63-58(55)60)37-14-10-17-39(32-37)59(40-26-30-45-47-28-24-35-12-4-6-18-43(35)56(47)61-52(45)33-40)41-27-31-46-48-29-25-36-13-5-7-19-44(36)57(48)62-53(46)34-41;1-2-15-43(16-3-1)60-51-21-9-8-18-48(51)54-50-20-10-19-47(57(50)62-58(54)60)40-28-33-45(34-29-40)59(44-31-26-38(27-32-44)42-25-24-37-12-4-5-14-41(37)36-42)52-22-11-23-53-55(52)49-35-30-39-13-6-7-17-46(39)56(49)61-53/h1-34H;1-36H. The van der Waals surface area contributed by atoms with E-state index in [0.29, 0.717) is 0 Å². The summed E-state index contributed by atoms with van der Waals surface area (Å²) in [5, 5.41) is 23.1. The van der Waals surface area contributed by atoms with Crippen molar-refractivity contribution in [2.24, 2.45) is 0 Å². The number of anilines is 6. The molecular formula is C116H70N4O4S. The molecule has 0 aliphatic heterocycles. The van der Waals surface area contributed by atoms with Gasteiger partial charge in [-0.3, -0.25) is 4.57 Å². The summed E-state index contributed by atoms with van der Waals surface area (Å²) in [5.41, 5.74) is 24.6. The number of rotatable bonds is 11. The number of thiophene rings is 1. The normalized spacial score (nSPS) is 12.0. The smallest absolute Gasteiger partial charge is 0.213 e. The zero-order valence-electron chi connectivity index (χ0n) is 67.2. The average molecular weight is 1620 g/mol. The van der Waals surface area contributed by atoms with Crippen LogP contribution in [0.1, 0.15) is 0 Å². The van der Waals surface area contributed by atoms with Crippen molar-refractivity contribution in [2.75, 3.05) is 9.80 Å². The van der Waals surface area contributed by atoms with Crippen LogP contribution >= 0.6 is 11.3 Å². The Bertz CT molecular complexity index is 8920. The minimum absolute atomic E-state index is 0.830. The van der Waals surface area contributed by atoms with E-state index in [9.17, 15) is 0 Å². The molecule has 0 saturated heterocycles. The Kier molecular flexibility index (Phi) is 15.8. The lowest BCUT2D eigenvalue weighted by Crippen LogP contribution is -2.10. The summed E-state index contributed by atoms with van der Waals surface area (Å²) in [6, 6.07) is 152. The van der Waals surface area contributed by atoms with E-state index in [1.807, 2.05) is 17.4 Å². The number of hydrogen-bond donors (Lipinski definition) is 0. The van der Waals surface area contributed by atoms with Crippen LogP contribution in [0.4, 0.5) is 34.1 Å². The van der Waals surface area contributed by atoms with Crippen molar-refractivity contribution in [1.29, 1.82) is 0 Å². The zero-order valence-corrected chi connectivity index (χ0v) is 68.1. The zero-order chi connectivity index (χ0) is 81.9. The highest BCUT2D eigenvalue weighted by atomic mass is 32.1. The van der Waals surface area contributed by atoms with Gasteiger partial charge in [-0.2, -0.15) is 0 Å². The highest BCUT2D eigenvalue weighted by molar-refractivity contribution is 7.26. The van der Waals surface area contributed by atoms with Crippen LogP contribution < -0.4 is 9.80 Å². The van der Waals surface area contributed by atoms with Gasteiger partial charge >= 0.3 is 0 Å². The van der Waals surface area contributed by atoms with Crippen molar-refractivity contribution in [3.05, 3.63) is 425 Å². The molecule has 0 fully saturated rings. The molecule has 9 heteroatoms. The van der Waals surface area contributed by atoms with Crippen LogP contribution in [0.2, 0.25) is 0 Å². The topological polar surface area (TPSA) is 68.9 Å². The molecular weight excluding hydrogens is 1550 g/mol. The predicted octanol–water partition coefficient (Wildman–Crippen LogP) is 33.8. The molecule has 0 aliphatic rings. The molecule has 7 aromatic heterocycles. The van der Waals surface area contributed by atoms with Gasteiger partial charge in [0.2, 0.25) is 5.71 Å². The number of aromatic nitrogens is 2. The first-order valence-corrected chi connectivity index (χ1v) is 43.2. The molecule has 0 aliphatic carbocycles. The lowest BCUT2D eigenvalue weighted by molar-refractivity contribution is 0.645. The highest BCUT2D eigenvalue weighted by Crippen LogP contribution is 2.52. The van der Waals surface area contributed by atoms with Gasteiger partial charge in [-0.15, -0.1) is 11.3 Å². The second-order valence-corrected chi connectivity index (χ2v) is 33.5. The van der Waals surface area contributed by atoms with E-state index < -0.39 is 0 Å². The monoisotopic (exact) mass is 1610 g/mol. The summed E-state index contributed by atoms with van der Waals surface area (Å²) in [5.74, 6) is 0. The number of furan rings is 4. The first-order chi connectivity index (χ1) is 62.0. The third kappa shape index (κ3) is 11.2.